The molecule has 0 aliphatic carbocycles. The Morgan fingerprint density at radius 1 is 1.20 bits per heavy atom. The lowest BCUT2D eigenvalue weighted by molar-refractivity contribution is 0.273. The Balaban J connectivity index is 1.94. The van der Waals surface area contributed by atoms with Gasteiger partial charge in [0.15, 0.2) is 0 Å². The number of hydrogen-bond donors (Lipinski definition) is 1. The number of rotatable bonds is 2. The third kappa shape index (κ3) is 2.39. The fourth-order valence-electron chi connectivity index (χ4n) is 2.35. The van der Waals surface area contributed by atoms with Crippen LogP contribution in [0.25, 0.3) is 5.95 Å². The number of nitrogens with two attached hydrogens (primary N) is 1. The molecule has 20 heavy (non-hydrogen) atoms. The molecule has 9 heteroatoms. The first-order valence-electron chi connectivity index (χ1n) is 6.45. The van der Waals surface area contributed by atoms with Gasteiger partial charge in [0.05, 0.1) is 0 Å². The lowest BCUT2D eigenvalue weighted by Crippen LogP contribution is -2.51. The molecule has 1 unspecified atom stereocenters. The Kier molecular flexibility index (Phi) is 3.18. The van der Waals surface area contributed by atoms with Gasteiger partial charge in [0.2, 0.25) is 11.9 Å². The van der Waals surface area contributed by atoms with Gasteiger partial charge in [-0.25, -0.2) is 4.98 Å². The van der Waals surface area contributed by atoms with Crippen LogP contribution in [0.15, 0.2) is 12.7 Å². The Morgan fingerprint density at radius 3 is 2.70 bits per heavy atom. The van der Waals surface area contributed by atoms with Gasteiger partial charge in [0, 0.05) is 25.7 Å². The third-order valence-corrected chi connectivity index (χ3v) is 3.34. The zero-order valence-corrected chi connectivity index (χ0v) is 11.5. The van der Waals surface area contributed by atoms with E-state index in [4.69, 9.17) is 5.73 Å². The monoisotopic (exact) mass is 275 g/mol. The molecule has 0 radical (unpaired) electrons. The second-order valence-electron chi connectivity index (χ2n) is 4.94. The molecule has 0 aromatic carbocycles. The van der Waals surface area contributed by atoms with Gasteiger partial charge in [0.25, 0.3) is 5.95 Å². The summed E-state index contributed by atoms with van der Waals surface area (Å²) in [5.74, 6) is 1.16. The van der Waals surface area contributed by atoms with Crippen LogP contribution in [-0.2, 0) is 0 Å². The highest BCUT2D eigenvalue weighted by Gasteiger charge is 2.24. The van der Waals surface area contributed by atoms with E-state index in [2.05, 4.69) is 48.8 Å². The van der Waals surface area contributed by atoms with Crippen LogP contribution in [0.2, 0.25) is 0 Å². The van der Waals surface area contributed by atoms with Crippen LogP contribution in [-0.4, -0.2) is 67.3 Å². The largest absolute Gasteiger partial charge is 0.368 e. The van der Waals surface area contributed by atoms with E-state index in [0.717, 1.165) is 19.6 Å². The van der Waals surface area contributed by atoms with Crippen molar-refractivity contribution in [1.82, 2.24) is 34.6 Å². The first-order valence-corrected chi connectivity index (χ1v) is 6.45. The quantitative estimate of drug-likeness (QED) is 0.758. The van der Waals surface area contributed by atoms with Crippen molar-refractivity contribution < 1.29 is 0 Å². The van der Waals surface area contributed by atoms with Crippen LogP contribution < -0.4 is 10.6 Å². The average molecular weight is 275 g/mol. The van der Waals surface area contributed by atoms with Crippen LogP contribution in [0.1, 0.15) is 6.92 Å². The van der Waals surface area contributed by atoms with E-state index in [9.17, 15) is 0 Å². The number of piperazine rings is 1. The molecule has 2 aromatic heterocycles. The summed E-state index contributed by atoms with van der Waals surface area (Å²) in [7, 11) is 2.11. The Labute approximate surface area is 116 Å². The van der Waals surface area contributed by atoms with Crippen molar-refractivity contribution in [1.29, 1.82) is 0 Å². The van der Waals surface area contributed by atoms with Crippen molar-refractivity contribution in [3.05, 3.63) is 12.7 Å². The minimum absolute atomic E-state index is 0.187. The average Bonchev–Trinajstić information content (AvgIpc) is 2.91. The van der Waals surface area contributed by atoms with E-state index < -0.39 is 0 Å². The van der Waals surface area contributed by atoms with E-state index in [1.807, 2.05) is 0 Å². The number of hydrogen-bond acceptors (Lipinski definition) is 8. The maximum Gasteiger partial charge on any atom is 0.258 e. The molecule has 3 rings (SSSR count). The minimum atomic E-state index is 0.187. The summed E-state index contributed by atoms with van der Waals surface area (Å²) in [5.41, 5.74) is 5.78. The first kappa shape index (κ1) is 12.7. The van der Waals surface area contributed by atoms with Crippen LogP contribution >= 0.6 is 0 Å². The second kappa shape index (κ2) is 5.00. The highest BCUT2D eigenvalue weighted by Crippen LogP contribution is 2.17. The van der Waals surface area contributed by atoms with Crippen molar-refractivity contribution in [2.24, 2.45) is 0 Å². The van der Waals surface area contributed by atoms with Gasteiger partial charge in [-0.1, -0.05) is 0 Å². The van der Waals surface area contributed by atoms with Crippen molar-refractivity contribution in [3.63, 3.8) is 0 Å². The highest BCUT2D eigenvalue weighted by atomic mass is 15.4. The second-order valence-corrected chi connectivity index (χ2v) is 4.94. The van der Waals surface area contributed by atoms with E-state index in [1.165, 1.54) is 17.3 Å². The van der Waals surface area contributed by atoms with Crippen molar-refractivity contribution in [2.75, 3.05) is 37.3 Å². The SMILES string of the molecule is CC1CN(C)CCN1c1nc(N)nc(-n2cncn2)n1. The number of nitrogen functional groups attached to an aromatic ring is 1. The predicted molar refractivity (Wildman–Crippen MR) is 73.5 cm³/mol. The highest BCUT2D eigenvalue weighted by molar-refractivity contribution is 5.39. The molecule has 0 saturated carbocycles. The fourth-order valence-corrected chi connectivity index (χ4v) is 2.35. The molecule has 2 aromatic rings. The van der Waals surface area contributed by atoms with Crippen LogP contribution in [0.3, 0.4) is 0 Å². The number of anilines is 2. The topological polar surface area (TPSA) is 102 Å². The van der Waals surface area contributed by atoms with E-state index >= 15 is 0 Å². The summed E-state index contributed by atoms with van der Waals surface area (Å²) in [6.45, 7) is 4.93. The molecule has 106 valence electrons. The smallest absolute Gasteiger partial charge is 0.258 e. The Morgan fingerprint density at radius 2 is 2.00 bits per heavy atom. The molecule has 1 aliphatic heterocycles. The van der Waals surface area contributed by atoms with Gasteiger partial charge in [-0.2, -0.15) is 24.7 Å². The molecule has 2 N–H and O–H groups in total. The molecular formula is C11H17N9. The molecule has 9 nitrogen and oxygen atoms in total. The normalized spacial score (nSPS) is 20.3. The standard InChI is InChI=1S/C11H17N9/c1-8-5-18(2)3-4-19(8)10-15-9(12)16-11(17-10)20-7-13-6-14-20/h6-8H,3-5H2,1-2H3,(H2,12,15,16,17). The molecule has 0 amide bonds. The molecule has 1 atom stereocenters. The predicted octanol–water partition coefficient (Wildman–Crippen LogP) is -0.825. The molecule has 1 aliphatic rings. The summed E-state index contributed by atoms with van der Waals surface area (Å²) >= 11 is 0. The fraction of sp³-hybridized carbons (Fsp3) is 0.545. The summed E-state index contributed by atoms with van der Waals surface area (Å²) < 4.78 is 1.47. The van der Waals surface area contributed by atoms with E-state index in [1.54, 1.807) is 0 Å². The van der Waals surface area contributed by atoms with Crippen molar-refractivity contribution >= 4 is 11.9 Å². The number of nitrogens with zero attached hydrogens (tertiary/aromatic N) is 8. The molecular weight excluding hydrogens is 258 g/mol. The summed E-state index contributed by atoms with van der Waals surface area (Å²) in [6, 6.07) is 0.319. The lowest BCUT2D eigenvalue weighted by atomic mass is 10.2. The molecule has 0 bridgehead atoms. The summed E-state index contributed by atoms with van der Waals surface area (Å²) in [5, 5.41) is 4.02. The van der Waals surface area contributed by atoms with Crippen molar-refractivity contribution in [2.45, 2.75) is 13.0 Å². The zero-order chi connectivity index (χ0) is 14.1. The van der Waals surface area contributed by atoms with Crippen LogP contribution in [0.4, 0.5) is 11.9 Å². The van der Waals surface area contributed by atoms with E-state index in [-0.39, 0.29) is 5.95 Å². The van der Waals surface area contributed by atoms with Gasteiger partial charge < -0.3 is 15.5 Å². The minimum Gasteiger partial charge on any atom is -0.368 e. The lowest BCUT2D eigenvalue weighted by Gasteiger charge is -2.38. The maximum atomic E-state index is 5.78. The summed E-state index contributed by atoms with van der Waals surface area (Å²) in [6.07, 6.45) is 2.96. The molecule has 1 saturated heterocycles. The van der Waals surface area contributed by atoms with Crippen LogP contribution in [0, 0.1) is 0 Å². The van der Waals surface area contributed by atoms with E-state index in [0.29, 0.717) is 17.9 Å². The molecule has 0 spiro atoms. The molecule has 3 heterocycles. The Hall–Kier alpha value is -2.29. The summed E-state index contributed by atoms with van der Waals surface area (Å²) in [4.78, 5) is 21.1. The van der Waals surface area contributed by atoms with Gasteiger partial charge in [-0.15, -0.1) is 0 Å². The Bertz CT molecular complexity index is 582. The van der Waals surface area contributed by atoms with Gasteiger partial charge in [-0.3, -0.25) is 0 Å². The number of aromatic nitrogens is 6. The number of likely N-dealkylation sites (N-methyl/N-ethyl adjacent to an activating group) is 1. The van der Waals surface area contributed by atoms with Crippen molar-refractivity contribution in [3.8, 4) is 5.95 Å². The van der Waals surface area contributed by atoms with Gasteiger partial charge >= 0.3 is 0 Å². The van der Waals surface area contributed by atoms with Crippen LogP contribution in [0.5, 0.6) is 0 Å². The third-order valence-electron chi connectivity index (χ3n) is 3.34. The zero-order valence-electron chi connectivity index (χ0n) is 11.5. The van der Waals surface area contributed by atoms with Gasteiger partial charge in [0.1, 0.15) is 12.7 Å². The maximum absolute atomic E-state index is 5.78. The first-order chi connectivity index (χ1) is 9.63. The van der Waals surface area contributed by atoms with Gasteiger partial charge in [-0.05, 0) is 14.0 Å². The molecule has 1 fully saturated rings.